The summed E-state index contributed by atoms with van der Waals surface area (Å²) in [5.41, 5.74) is 8.74. The SMILES string of the molecule is CCOC(=O)C(=NCc1ccc(OC)cc1)NNc1ccc(C)cc1. The van der Waals surface area contributed by atoms with Crippen LogP contribution < -0.4 is 15.6 Å². The normalized spacial score (nSPS) is 10.9. The number of nitrogens with one attached hydrogen (secondary N) is 2. The predicted octanol–water partition coefficient (Wildman–Crippen LogP) is 3.08. The van der Waals surface area contributed by atoms with Gasteiger partial charge in [-0.2, -0.15) is 0 Å². The van der Waals surface area contributed by atoms with E-state index >= 15 is 0 Å². The van der Waals surface area contributed by atoms with Crippen LogP contribution in [0.25, 0.3) is 0 Å². The monoisotopic (exact) mass is 341 g/mol. The van der Waals surface area contributed by atoms with E-state index < -0.39 is 5.97 Å². The smallest absolute Gasteiger partial charge is 0.375 e. The van der Waals surface area contributed by atoms with Gasteiger partial charge in [-0.1, -0.05) is 29.8 Å². The number of rotatable bonds is 6. The van der Waals surface area contributed by atoms with Crippen LogP contribution in [0, 0.1) is 6.92 Å². The molecule has 0 spiro atoms. The van der Waals surface area contributed by atoms with Crippen molar-refractivity contribution in [2.75, 3.05) is 19.1 Å². The number of nitrogens with zero attached hydrogens (tertiary/aromatic N) is 1. The summed E-state index contributed by atoms with van der Waals surface area (Å²) >= 11 is 0. The Kier molecular flexibility index (Phi) is 6.83. The largest absolute Gasteiger partial charge is 0.497 e. The third-order valence-corrected chi connectivity index (χ3v) is 3.42. The lowest BCUT2D eigenvalue weighted by atomic mass is 10.2. The number of carbonyl (C=O) groups excluding carboxylic acids is 1. The van der Waals surface area contributed by atoms with Gasteiger partial charge in [0.05, 0.1) is 25.9 Å². The van der Waals surface area contributed by atoms with Crippen molar-refractivity contribution < 1.29 is 14.3 Å². The molecule has 0 saturated carbocycles. The average Bonchev–Trinajstić information content (AvgIpc) is 2.63. The Bertz CT molecular complexity index is 710. The molecule has 0 radical (unpaired) electrons. The Morgan fingerprint density at radius 3 is 2.36 bits per heavy atom. The molecule has 6 heteroatoms. The first-order chi connectivity index (χ1) is 12.1. The fourth-order valence-electron chi connectivity index (χ4n) is 2.02. The van der Waals surface area contributed by atoms with Gasteiger partial charge in [0.25, 0.3) is 0 Å². The van der Waals surface area contributed by atoms with Crippen LogP contribution in [-0.4, -0.2) is 25.5 Å². The molecular weight excluding hydrogens is 318 g/mol. The molecule has 6 nitrogen and oxygen atoms in total. The Balaban J connectivity index is 2.05. The standard InChI is InChI=1S/C19H23N3O3/c1-4-25-19(23)18(22-21-16-9-5-14(2)6-10-16)20-13-15-7-11-17(24-3)12-8-15/h5-12,21H,4,13H2,1-3H3,(H,20,22). The summed E-state index contributed by atoms with van der Waals surface area (Å²) in [5, 5.41) is 0. The van der Waals surface area contributed by atoms with Crippen LogP contribution in [0.2, 0.25) is 0 Å². The van der Waals surface area contributed by atoms with Crippen molar-refractivity contribution >= 4 is 17.5 Å². The van der Waals surface area contributed by atoms with E-state index in [2.05, 4.69) is 15.8 Å². The van der Waals surface area contributed by atoms with Crippen LogP contribution in [0.1, 0.15) is 18.1 Å². The molecule has 0 heterocycles. The number of aliphatic imine (C=N–C) groups is 1. The predicted molar refractivity (Wildman–Crippen MR) is 98.7 cm³/mol. The fourth-order valence-corrected chi connectivity index (χ4v) is 2.02. The second kappa shape index (κ2) is 9.32. The number of methoxy groups -OCH3 is 1. The fraction of sp³-hybridized carbons (Fsp3) is 0.263. The van der Waals surface area contributed by atoms with Gasteiger partial charge < -0.3 is 9.47 Å². The second-order valence-electron chi connectivity index (χ2n) is 5.35. The van der Waals surface area contributed by atoms with Crippen molar-refractivity contribution in [3.8, 4) is 5.75 Å². The molecule has 2 aromatic rings. The van der Waals surface area contributed by atoms with E-state index in [1.807, 2.05) is 55.5 Å². The first-order valence-electron chi connectivity index (χ1n) is 8.05. The highest BCUT2D eigenvalue weighted by atomic mass is 16.5. The summed E-state index contributed by atoms with van der Waals surface area (Å²) < 4.78 is 10.2. The maximum absolute atomic E-state index is 12.1. The van der Waals surface area contributed by atoms with Crippen molar-refractivity contribution in [1.82, 2.24) is 5.43 Å². The second-order valence-corrected chi connectivity index (χ2v) is 5.35. The molecule has 0 aliphatic carbocycles. The van der Waals surface area contributed by atoms with Crippen LogP contribution in [0.4, 0.5) is 5.69 Å². The van der Waals surface area contributed by atoms with Gasteiger partial charge in [-0.3, -0.25) is 15.8 Å². The van der Waals surface area contributed by atoms with Gasteiger partial charge in [0.2, 0.25) is 5.84 Å². The minimum atomic E-state index is -0.504. The Labute approximate surface area is 147 Å². The van der Waals surface area contributed by atoms with E-state index in [9.17, 15) is 4.79 Å². The first kappa shape index (κ1) is 18.3. The number of benzene rings is 2. The van der Waals surface area contributed by atoms with Crippen molar-refractivity contribution in [3.63, 3.8) is 0 Å². The van der Waals surface area contributed by atoms with Gasteiger partial charge in [0.1, 0.15) is 5.75 Å². The lowest BCUT2D eigenvalue weighted by molar-refractivity contribution is -0.135. The number of ether oxygens (including phenoxy) is 2. The zero-order chi connectivity index (χ0) is 18.1. The van der Waals surface area contributed by atoms with Crippen LogP contribution >= 0.6 is 0 Å². The molecule has 2 rings (SSSR count). The molecular formula is C19H23N3O3. The van der Waals surface area contributed by atoms with Crippen molar-refractivity contribution in [2.24, 2.45) is 4.99 Å². The average molecular weight is 341 g/mol. The van der Waals surface area contributed by atoms with Gasteiger partial charge in [0, 0.05) is 0 Å². The minimum absolute atomic E-state index is 0.123. The zero-order valence-corrected chi connectivity index (χ0v) is 14.7. The third kappa shape index (κ3) is 5.84. The van der Waals surface area contributed by atoms with Gasteiger partial charge in [-0.15, -0.1) is 0 Å². The summed E-state index contributed by atoms with van der Waals surface area (Å²) in [6.45, 7) is 4.40. The summed E-state index contributed by atoms with van der Waals surface area (Å²) in [6, 6.07) is 15.3. The van der Waals surface area contributed by atoms with E-state index in [1.54, 1.807) is 14.0 Å². The maximum Gasteiger partial charge on any atom is 0.375 e. The molecule has 0 aromatic heterocycles. The minimum Gasteiger partial charge on any atom is -0.497 e. The molecule has 0 aliphatic rings. The molecule has 25 heavy (non-hydrogen) atoms. The lowest BCUT2D eigenvalue weighted by Crippen LogP contribution is -2.37. The number of hydrogen-bond donors (Lipinski definition) is 2. The Morgan fingerprint density at radius 1 is 1.08 bits per heavy atom. The molecule has 0 saturated heterocycles. The molecule has 0 fully saturated rings. The summed E-state index contributed by atoms with van der Waals surface area (Å²) in [6.07, 6.45) is 0. The Morgan fingerprint density at radius 2 is 1.76 bits per heavy atom. The molecule has 0 bridgehead atoms. The molecule has 0 aliphatic heterocycles. The van der Waals surface area contributed by atoms with E-state index in [1.165, 1.54) is 0 Å². The number of hydrogen-bond acceptors (Lipinski definition) is 5. The molecule has 0 unspecified atom stereocenters. The number of anilines is 1. The van der Waals surface area contributed by atoms with Crippen LogP contribution in [0.15, 0.2) is 53.5 Å². The summed E-state index contributed by atoms with van der Waals surface area (Å²) in [4.78, 5) is 16.4. The number of amidine groups is 1. The molecule has 2 aromatic carbocycles. The Hall–Kier alpha value is -3.02. The quantitative estimate of drug-likeness (QED) is 0.366. The third-order valence-electron chi connectivity index (χ3n) is 3.42. The number of hydrazine groups is 1. The molecule has 0 atom stereocenters. The zero-order valence-electron chi connectivity index (χ0n) is 14.7. The van der Waals surface area contributed by atoms with E-state index in [0.29, 0.717) is 6.54 Å². The van der Waals surface area contributed by atoms with Gasteiger partial charge in [0.15, 0.2) is 0 Å². The van der Waals surface area contributed by atoms with Gasteiger partial charge in [-0.05, 0) is 43.7 Å². The van der Waals surface area contributed by atoms with Crippen molar-refractivity contribution in [1.29, 1.82) is 0 Å². The lowest BCUT2D eigenvalue weighted by Gasteiger charge is -2.12. The topological polar surface area (TPSA) is 72.0 Å². The van der Waals surface area contributed by atoms with Gasteiger partial charge in [-0.25, -0.2) is 4.79 Å². The van der Waals surface area contributed by atoms with Crippen LogP contribution in [0.5, 0.6) is 5.75 Å². The first-order valence-corrected chi connectivity index (χ1v) is 8.05. The van der Waals surface area contributed by atoms with E-state index in [0.717, 1.165) is 22.6 Å². The van der Waals surface area contributed by atoms with Crippen molar-refractivity contribution in [2.45, 2.75) is 20.4 Å². The number of aryl methyl sites for hydroxylation is 1. The highest BCUT2D eigenvalue weighted by Gasteiger charge is 2.12. The highest BCUT2D eigenvalue weighted by molar-refractivity contribution is 6.35. The maximum atomic E-state index is 12.1. The summed E-state index contributed by atoms with van der Waals surface area (Å²) in [7, 11) is 1.62. The highest BCUT2D eigenvalue weighted by Crippen LogP contribution is 2.12. The van der Waals surface area contributed by atoms with E-state index in [4.69, 9.17) is 9.47 Å². The summed E-state index contributed by atoms with van der Waals surface area (Å²) in [5.74, 6) is 0.395. The number of carbonyl (C=O) groups is 1. The van der Waals surface area contributed by atoms with E-state index in [-0.39, 0.29) is 12.4 Å². The molecule has 2 N–H and O–H groups in total. The van der Waals surface area contributed by atoms with Crippen molar-refractivity contribution in [3.05, 3.63) is 59.7 Å². The van der Waals surface area contributed by atoms with Gasteiger partial charge >= 0.3 is 5.97 Å². The number of esters is 1. The van der Waals surface area contributed by atoms with Crippen LogP contribution in [-0.2, 0) is 16.1 Å². The molecule has 132 valence electrons. The van der Waals surface area contributed by atoms with Crippen LogP contribution in [0.3, 0.4) is 0 Å². The molecule has 0 amide bonds.